The summed E-state index contributed by atoms with van der Waals surface area (Å²) in [4.78, 5) is 4.32. The molecule has 0 atom stereocenters. The molecule has 19 heavy (non-hydrogen) atoms. The summed E-state index contributed by atoms with van der Waals surface area (Å²) in [7, 11) is 3.17. The number of hydrogen-bond acceptors (Lipinski definition) is 5. The van der Waals surface area contributed by atoms with Crippen molar-refractivity contribution in [2.75, 3.05) is 14.2 Å². The van der Waals surface area contributed by atoms with Crippen LogP contribution in [0.5, 0.6) is 11.5 Å². The summed E-state index contributed by atoms with van der Waals surface area (Å²) in [5, 5.41) is 14.4. The Balaban J connectivity index is 2.43. The van der Waals surface area contributed by atoms with Crippen LogP contribution in [0.3, 0.4) is 0 Å². The van der Waals surface area contributed by atoms with Crippen LogP contribution in [0, 0.1) is 0 Å². The zero-order chi connectivity index (χ0) is 13.4. The molecule has 3 aromatic rings. The Morgan fingerprint density at radius 3 is 2.63 bits per heavy atom. The monoisotopic (exact) mass is 259 g/mol. The van der Waals surface area contributed by atoms with Crippen molar-refractivity contribution in [1.29, 1.82) is 0 Å². The van der Waals surface area contributed by atoms with Gasteiger partial charge in [-0.05, 0) is 6.07 Å². The molecule has 1 aromatic carbocycles. The normalized spacial score (nSPS) is 11.1. The minimum atomic E-state index is -0.0725. The lowest BCUT2D eigenvalue weighted by molar-refractivity contribution is 0.283. The van der Waals surface area contributed by atoms with Crippen molar-refractivity contribution in [1.82, 2.24) is 14.6 Å². The van der Waals surface area contributed by atoms with Crippen LogP contribution in [0.25, 0.3) is 16.4 Å². The molecule has 6 nitrogen and oxygen atoms in total. The Morgan fingerprint density at radius 2 is 1.95 bits per heavy atom. The third-order valence-electron chi connectivity index (χ3n) is 3.10. The minimum absolute atomic E-state index is 0.0725. The molecule has 0 bridgehead atoms. The second kappa shape index (κ2) is 4.40. The van der Waals surface area contributed by atoms with E-state index in [4.69, 9.17) is 9.47 Å². The predicted octanol–water partition coefficient (Wildman–Crippen LogP) is 1.39. The van der Waals surface area contributed by atoms with Crippen LogP contribution in [0.1, 0.15) is 5.56 Å². The largest absolute Gasteiger partial charge is 0.493 e. The molecular formula is C13H13N3O3. The van der Waals surface area contributed by atoms with Gasteiger partial charge in [-0.2, -0.15) is 5.10 Å². The average molecular weight is 259 g/mol. The van der Waals surface area contributed by atoms with Gasteiger partial charge >= 0.3 is 0 Å². The van der Waals surface area contributed by atoms with Gasteiger partial charge in [-0.3, -0.25) is 0 Å². The predicted molar refractivity (Wildman–Crippen MR) is 69.5 cm³/mol. The lowest BCUT2D eigenvalue weighted by atomic mass is 10.1. The summed E-state index contributed by atoms with van der Waals surface area (Å²) >= 11 is 0. The number of methoxy groups -OCH3 is 2. The van der Waals surface area contributed by atoms with Gasteiger partial charge in [0.05, 0.1) is 38.1 Å². The van der Waals surface area contributed by atoms with E-state index in [1.54, 1.807) is 31.3 Å². The summed E-state index contributed by atoms with van der Waals surface area (Å²) in [6, 6.07) is 3.65. The van der Waals surface area contributed by atoms with E-state index in [2.05, 4.69) is 10.1 Å². The van der Waals surface area contributed by atoms with Crippen LogP contribution < -0.4 is 9.47 Å². The fourth-order valence-corrected chi connectivity index (χ4v) is 2.18. The van der Waals surface area contributed by atoms with Crippen molar-refractivity contribution in [3.05, 3.63) is 30.2 Å². The Bertz CT molecular complexity index is 752. The fraction of sp³-hybridized carbons (Fsp3) is 0.231. The van der Waals surface area contributed by atoms with Crippen molar-refractivity contribution < 1.29 is 14.6 Å². The number of aliphatic hydroxyl groups is 1. The van der Waals surface area contributed by atoms with Crippen LogP contribution in [0.15, 0.2) is 24.7 Å². The molecule has 2 aromatic heterocycles. The molecule has 0 saturated carbocycles. The highest BCUT2D eigenvalue weighted by molar-refractivity contribution is 5.96. The van der Waals surface area contributed by atoms with E-state index in [0.717, 1.165) is 22.0 Å². The number of ether oxygens (including phenoxy) is 2. The quantitative estimate of drug-likeness (QED) is 0.769. The highest BCUT2D eigenvalue weighted by Crippen LogP contribution is 2.33. The van der Waals surface area contributed by atoms with Crippen LogP contribution in [-0.2, 0) is 6.61 Å². The molecule has 0 spiro atoms. The smallest absolute Gasteiger partial charge is 0.162 e. The molecule has 98 valence electrons. The molecular weight excluding hydrogens is 246 g/mol. The summed E-state index contributed by atoms with van der Waals surface area (Å²) in [5.74, 6) is 1.24. The second-order valence-electron chi connectivity index (χ2n) is 4.09. The third kappa shape index (κ3) is 1.68. The van der Waals surface area contributed by atoms with E-state index in [1.807, 2.05) is 12.1 Å². The molecule has 0 unspecified atom stereocenters. The number of hydrogen-bond donors (Lipinski definition) is 1. The van der Waals surface area contributed by atoms with Gasteiger partial charge in [0.2, 0.25) is 0 Å². The van der Waals surface area contributed by atoms with Crippen molar-refractivity contribution in [3.8, 4) is 11.5 Å². The van der Waals surface area contributed by atoms with Crippen molar-refractivity contribution in [2.45, 2.75) is 6.61 Å². The van der Waals surface area contributed by atoms with Crippen LogP contribution in [-0.4, -0.2) is 33.9 Å². The number of nitrogens with zero attached hydrogens (tertiary/aromatic N) is 3. The Kier molecular flexibility index (Phi) is 2.72. The van der Waals surface area contributed by atoms with Crippen LogP contribution in [0.2, 0.25) is 0 Å². The maximum atomic E-state index is 9.38. The van der Waals surface area contributed by atoms with Gasteiger partial charge < -0.3 is 14.6 Å². The lowest BCUT2D eigenvalue weighted by Gasteiger charge is -2.09. The molecule has 3 rings (SSSR count). The number of fused-ring (bicyclic) bond motifs is 3. The zero-order valence-corrected chi connectivity index (χ0v) is 10.6. The van der Waals surface area contributed by atoms with E-state index in [0.29, 0.717) is 11.5 Å². The van der Waals surface area contributed by atoms with Gasteiger partial charge in [0.15, 0.2) is 11.5 Å². The van der Waals surface area contributed by atoms with Gasteiger partial charge in [-0.1, -0.05) is 0 Å². The zero-order valence-electron chi connectivity index (χ0n) is 10.6. The van der Waals surface area contributed by atoms with Gasteiger partial charge in [-0.15, -0.1) is 0 Å². The van der Waals surface area contributed by atoms with E-state index >= 15 is 0 Å². The standard InChI is InChI=1S/C13H13N3O3/c1-18-11-3-9-10(4-12(11)19-2)14-7-16-13(9)8(6-17)5-15-16/h3-5,7,17H,6H2,1-2H3. The topological polar surface area (TPSA) is 68.9 Å². The maximum Gasteiger partial charge on any atom is 0.162 e. The van der Waals surface area contributed by atoms with E-state index in [-0.39, 0.29) is 6.61 Å². The first-order chi connectivity index (χ1) is 9.28. The molecule has 0 radical (unpaired) electrons. The first-order valence-corrected chi connectivity index (χ1v) is 5.76. The summed E-state index contributed by atoms with van der Waals surface area (Å²) in [5.41, 5.74) is 2.34. The van der Waals surface area contributed by atoms with Crippen LogP contribution >= 0.6 is 0 Å². The van der Waals surface area contributed by atoms with Gasteiger partial charge in [-0.25, -0.2) is 9.50 Å². The molecule has 2 heterocycles. The van der Waals surface area contributed by atoms with Crippen LogP contribution in [0.4, 0.5) is 0 Å². The number of rotatable bonds is 3. The lowest BCUT2D eigenvalue weighted by Crippen LogP contribution is -1.95. The molecule has 0 saturated heterocycles. The SMILES string of the molecule is COc1cc2ncn3ncc(CO)c3c2cc1OC. The van der Waals surface area contributed by atoms with Crippen molar-refractivity contribution in [3.63, 3.8) is 0 Å². The molecule has 6 heteroatoms. The molecule has 0 fully saturated rings. The molecule has 0 aliphatic rings. The number of aliphatic hydroxyl groups excluding tert-OH is 1. The molecule has 0 aliphatic heterocycles. The van der Waals surface area contributed by atoms with Crippen molar-refractivity contribution in [2.24, 2.45) is 0 Å². The molecule has 0 amide bonds. The first-order valence-electron chi connectivity index (χ1n) is 5.76. The Labute approximate surface area is 109 Å². The molecule has 1 N–H and O–H groups in total. The number of benzene rings is 1. The fourth-order valence-electron chi connectivity index (χ4n) is 2.18. The Morgan fingerprint density at radius 1 is 1.21 bits per heavy atom. The minimum Gasteiger partial charge on any atom is -0.493 e. The first kappa shape index (κ1) is 11.7. The highest BCUT2D eigenvalue weighted by atomic mass is 16.5. The van der Waals surface area contributed by atoms with Gasteiger partial charge in [0.1, 0.15) is 6.33 Å². The summed E-state index contributed by atoms with van der Waals surface area (Å²) < 4.78 is 12.2. The average Bonchev–Trinajstić information content (AvgIpc) is 2.89. The van der Waals surface area contributed by atoms with Gasteiger partial charge in [0.25, 0.3) is 0 Å². The van der Waals surface area contributed by atoms with E-state index in [1.165, 1.54) is 0 Å². The maximum absolute atomic E-state index is 9.38. The van der Waals surface area contributed by atoms with Crippen molar-refractivity contribution >= 4 is 16.4 Å². The van der Waals surface area contributed by atoms with E-state index < -0.39 is 0 Å². The third-order valence-corrected chi connectivity index (χ3v) is 3.10. The Hall–Kier alpha value is -2.34. The molecule has 0 aliphatic carbocycles. The van der Waals surface area contributed by atoms with E-state index in [9.17, 15) is 5.11 Å². The summed E-state index contributed by atoms with van der Waals surface area (Å²) in [6.45, 7) is -0.0725. The summed E-state index contributed by atoms with van der Waals surface area (Å²) in [6.07, 6.45) is 3.25. The van der Waals surface area contributed by atoms with Gasteiger partial charge in [0, 0.05) is 17.0 Å². The number of aromatic nitrogens is 3. The second-order valence-corrected chi connectivity index (χ2v) is 4.09. The highest BCUT2D eigenvalue weighted by Gasteiger charge is 2.12.